The van der Waals surface area contributed by atoms with Crippen LogP contribution in [0, 0.1) is 5.82 Å². The molecule has 0 bridgehead atoms. The summed E-state index contributed by atoms with van der Waals surface area (Å²) in [5, 5.41) is 5.34. The molecule has 0 aliphatic rings. The standard InChI is InChI=1S/C16H12BrFN2/c17-10-13-11-20(15-8-6-14(18)7-9-15)19-16(13)12-4-2-1-3-5-12/h1-9,11H,10H2. The van der Waals surface area contributed by atoms with Gasteiger partial charge in [-0.1, -0.05) is 46.3 Å². The zero-order valence-electron chi connectivity index (χ0n) is 10.6. The van der Waals surface area contributed by atoms with E-state index < -0.39 is 0 Å². The Morgan fingerprint density at radius 3 is 2.35 bits per heavy atom. The number of alkyl halides is 1. The molecule has 3 rings (SSSR count). The minimum Gasteiger partial charge on any atom is -0.240 e. The monoisotopic (exact) mass is 330 g/mol. The molecular weight excluding hydrogens is 319 g/mol. The Kier molecular flexibility index (Phi) is 3.65. The smallest absolute Gasteiger partial charge is 0.123 e. The summed E-state index contributed by atoms with van der Waals surface area (Å²) in [5.74, 6) is -0.245. The molecule has 0 unspecified atom stereocenters. The lowest BCUT2D eigenvalue weighted by molar-refractivity contribution is 0.627. The quantitative estimate of drug-likeness (QED) is 0.643. The predicted octanol–water partition coefficient (Wildman–Crippen LogP) is 4.57. The number of hydrogen-bond donors (Lipinski definition) is 0. The Hall–Kier alpha value is -1.94. The summed E-state index contributed by atoms with van der Waals surface area (Å²) < 4.78 is 14.8. The molecule has 2 nitrogen and oxygen atoms in total. The SMILES string of the molecule is Fc1ccc(-n2cc(CBr)c(-c3ccccc3)n2)cc1. The number of halogens is 2. The fraction of sp³-hybridized carbons (Fsp3) is 0.0625. The lowest BCUT2D eigenvalue weighted by Gasteiger charge is -2.00. The molecule has 0 saturated heterocycles. The molecule has 1 heterocycles. The molecule has 100 valence electrons. The Balaban J connectivity index is 2.07. The molecule has 0 fully saturated rings. The summed E-state index contributed by atoms with van der Waals surface area (Å²) in [5.41, 5.74) is 3.95. The molecule has 0 atom stereocenters. The molecule has 0 aliphatic heterocycles. The van der Waals surface area contributed by atoms with Gasteiger partial charge in [-0.3, -0.25) is 0 Å². The molecule has 0 saturated carbocycles. The highest BCUT2D eigenvalue weighted by Gasteiger charge is 2.10. The topological polar surface area (TPSA) is 17.8 Å². The van der Waals surface area contributed by atoms with Gasteiger partial charge in [0.05, 0.1) is 11.4 Å². The predicted molar refractivity (Wildman–Crippen MR) is 81.6 cm³/mol. The molecule has 0 amide bonds. The van der Waals surface area contributed by atoms with Gasteiger partial charge in [0.1, 0.15) is 5.82 Å². The lowest BCUT2D eigenvalue weighted by atomic mass is 10.1. The number of benzene rings is 2. The third kappa shape index (κ3) is 2.51. The van der Waals surface area contributed by atoms with Gasteiger partial charge in [0.2, 0.25) is 0 Å². The lowest BCUT2D eigenvalue weighted by Crippen LogP contribution is -1.94. The van der Waals surface area contributed by atoms with Gasteiger partial charge in [-0.25, -0.2) is 9.07 Å². The minimum atomic E-state index is -0.245. The van der Waals surface area contributed by atoms with E-state index in [1.54, 1.807) is 16.8 Å². The Bertz CT molecular complexity index is 705. The van der Waals surface area contributed by atoms with Gasteiger partial charge in [0.25, 0.3) is 0 Å². The van der Waals surface area contributed by atoms with E-state index in [1.807, 2.05) is 36.5 Å². The molecule has 4 heteroatoms. The van der Waals surface area contributed by atoms with Crippen LogP contribution in [-0.2, 0) is 5.33 Å². The molecule has 2 aromatic carbocycles. The Morgan fingerprint density at radius 2 is 1.70 bits per heavy atom. The van der Waals surface area contributed by atoms with E-state index in [0.717, 1.165) is 27.8 Å². The molecule has 0 radical (unpaired) electrons. The number of nitrogens with zero attached hydrogens (tertiary/aromatic N) is 2. The van der Waals surface area contributed by atoms with Gasteiger partial charge in [-0.05, 0) is 24.3 Å². The summed E-state index contributed by atoms with van der Waals surface area (Å²) in [6.45, 7) is 0. The first kappa shape index (κ1) is 13.1. The fourth-order valence-corrected chi connectivity index (χ4v) is 2.48. The van der Waals surface area contributed by atoms with Crippen molar-refractivity contribution in [2.24, 2.45) is 0 Å². The molecule has 3 aromatic rings. The van der Waals surface area contributed by atoms with E-state index in [4.69, 9.17) is 0 Å². The zero-order valence-corrected chi connectivity index (χ0v) is 12.2. The van der Waals surface area contributed by atoms with Crippen LogP contribution in [0.5, 0.6) is 0 Å². The normalized spacial score (nSPS) is 10.7. The van der Waals surface area contributed by atoms with Crippen molar-refractivity contribution in [1.82, 2.24) is 9.78 Å². The minimum absolute atomic E-state index is 0.245. The van der Waals surface area contributed by atoms with E-state index in [0.29, 0.717) is 0 Å². The molecular formula is C16H12BrFN2. The Morgan fingerprint density at radius 1 is 1.00 bits per heavy atom. The van der Waals surface area contributed by atoms with Crippen molar-refractivity contribution in [1.29, 1.82) is 0 Å². The highest BCUT2D eigenvalue weighted by Crippen LogP contribution is 2.25. The average molecular weight is 331 g/mol. The van der Waals surface area contributed by atoms with Crippen molar-refractivity contribution < 1.29 is 4.39 Å². The molecule has 1 aromatic heterocycles. The highest BCUT2D eigenvalue weighted by atomic mass is 79.9. The summed E-state index contributed by atoms with van der Waals surface area (Å²) in [6.07, 6.45) is 1.96. The number of hydrogen-bond acceptors (Lipinski definition) is 1. The van der Waals surface area contributed by atoms with Crippen molar-refractivity contribution in [2.45, 2.75) is 5.33 Å². The molecule has 0 N–H and O–H groups in total. The third-order valence-corrected chi connectivity index (χ3v) is 3.68. The largest absolute Gasteiger partial charge is 0.240 e. The summed E-state index contributed by atoms with van der Waals surface area (Å²) >= 11 is 3.49. The van der Waals surface area contributed by atoms with Crippen LogP contribution in [0.3, 0.4) is 0 Å². The van der Waals surface area contributed by atoms with Crippen molar-refractivity contribution in [3.63, 3.8) is 0 Å². The van der Waals surface area contributed by atoms with E-state index in [-0.39, 0.29) is 5.82 Å². The highest BCUT2D eigenvalue weighted by molar-refractivity contribution is 9.08. The summed E-state index contributed by atoms with van der Waals surface area (Å²) in [7, 11) is 0. The van der Waals surface area contributed by atoms with Crippen LogP contribution in [-0.4, -0.2) is 9.78 Å². The third-order valence-electron chi connectivity index (χ3n) is 3.07. The van der Waals surface area contributed by atoms with Crippen LogP contribution in [0.4, 0.5) is 4.39 Å². The van der Waals surface area contributed by atoms with Crippen LogP contribution in [0.1, 0.15) is 5.56 Å². The second kappa shape index (κ2) is 5.59. The summed E-state index contributed by atoms with van der Waals surface area (Å²) in [6, 6.07) is 16.3. The molecule has 0 spiro atoms. The van der Waals surface area contributed by atoms with Crippen molar-refractivity contribution in [3.05, 3.63) is 72.2 Å². The fourth-order valence-electron chi connectivity index (χ4n) is 2.07. The van der Waals surface area contributed by atoms with E-state index in [1.165, 1.54) is 12.1 Å². The maximum Gasteiger partial charge on any atom is 0.123 e. The van der Waals surface area contributed by atoms with Crippen molar-refractivity contribution >= 4 is 15.9 Å². The van der Waals surface area contributed by atoms with Crippen LogP contribution in [0.25, 0.3) is 16.9 Å². The van der Waals surface area contributed by atoms with Gasteiger partial charge in [0, 0.05) is 22.7 Å². The van der Waals surface area contributed by atoms with Crippen LogP contribution in [0.2, 0.25) is 0 Å². The van der Waals surface area contributed by atoms with Gasteiger partial charge < -0.3 is 0 Å². The second-order valence-corrected chi connectivity index (χ2v) is 4.98. The van der Waals surface area contributed by atoms with Crippen molar-refractivity contribution in [3.8, 4) is 16.9 Å². The number of aromatic nitrogens is 2. The van der Waals surface area contributed by atoms with Crippen LogP contribution < -0.4 is 0 Å². The van der Waals surface area contributed by atoms with Gasteiger partial charge in [-0.2, -0.15) is 5.10 Å². The zero-order chi connectivity index (χ0) is 13.9. The van der Waals surface area contributed by atoms with E-state index in [9.17, 15) is 4.39 Å². The van der Waals surface area contributed by atoms with Gasteiger partial charge >= 0.3 is 0 Å². The second-order valence-electron chi connectivity index (χ2n) is 4.42. The Labute approximate surface area is 125 Å². The van der Waals surface area contributed by atoms with Gasteiger partial charge in [0.15, 0.2) is 0 Å². The first-order valence-electron chi connectivity index (χ1n) is 6.24. The van der Waals surface area contributed by atoms with Crippen LogP contribution in [0.15, 0.2) is 60.8 Å². The van der Waals surface area contributed by atoms with Crippen molar-refractivity contribution in [2.75, 3.05) is 0 Å². The maximum absolute atomic E-state index is 13.0. The van der Waals surface area contributed by atoms with E-state index in [2.05, 4.69) is 21.0 Å². The average Bonchev–Trinajstić information content (AvgIpc) is 2.93. The van der Waals surface area contributed by atoms with E-state index >= 15 is 0 Å². The van der Waals surface area contributed by atoms with Crippen LogP contribution >= 0.6 is 15.9 Å². The number of rotatable bonds is 3. The maximum atomic E-state index is 13.0. The molecule has 20 heavy (non-hydrogen) atoms. The summed E-state index contributed by atoms with van der Waals surface area (Å²) in [4.78, 5) is 0. The first-order valence-corrected chi connectivity index (χ1v) is 7.36. The molecule has 0 aliphatic carbocycles. The first-order chi connectivity index (χ1) is 9.78. The van der Waals surface area contributed by atoms with Gasteiger partial charge in [-0.15, -0.1) is 0 Å².